The maximum Gasteiger partial charge on any atom is 0.408 e. The van der Waals surface area contributed by atoms with Crippen molar-refractivity contribution >= 4 is 56.2 Å². The van der Waals surface area contributed by atoms with Crippen molar-refractivity contribution in [3.63, 3.8) is 0 Å². The summed E-state index contributed by atoms with van der Waals surface area (Å²) in [5.74, 6) is -1.28. The highest BCUT2D eigenvalue weighted by Crippen LogP contribution is 2.54. The van der Waals surface area contributed by atoms with Crippen LogP contribution in [0.25, 0.3) is 10.8 Å². The van der Waals surface area contributed by atoms with Crippen molar-refractivity contribution < 1.29 is 42.2 Å². The predicted octanol–water partition coefficient (Wildman–Crippen LogP) is 6.06. The summed E-state index contributed by atoms with van der Waals surface area (Å²) in [7, 11) is -4.02. The monoisotopic (exact) mass is 853 g/mol. The van der Waals surface area contributed by atoms with Gasteiger partial charge in [-0.25, -0.2) is 13.2 Å². The molecule has 1 aromatic heterocycles. The van der Waals surface area contributed by atoms with Gasteiger partial charge in [-0.1, -0.05) is 50.6 Å². The number of hydrogen-bond acceptors (Lipinski definition) is 9. The first-order chi connectivity index (χ1) is 28.0. The van der Waals surface area contributed by atoms with E-state index in [2.05, 4.69) is 21.9 Å². The number of rotatable bonds is 10. The predicted molar refractivity (Wildman–Crippen MR) is 220 cm³/mol. The highest BCUT2D eigenvalue weighted by molar-refractivity contribution is 7.91. The lowest BCUT2D eigenvalue weighted by molar-refractivity contribution is -0.145. The molecule has 10 atom stereocenters. The Hall–Kier alpha value is -4.11. The molecule has 1 saturated heterocycles. The Morgan fingerprint density at radius 1 is 1.10 bits per heavy atom. The average molecular weight is 854 g/mol. The summed E-state index contributed by atoms with van der Waals surface area (Å²) in [5.41, 5.74) is -1.56. The summed E-state index contributed by atoms with van der Waals surface area (Å²) < 4.78 is 40.3. The van der Waals surface area contributed by atoms with Crippen LogP contribution in [-0.4, -0.2) is 99.8 Å². The first-order valence-electron chi connectivity index (χ1n) is 21.3. The van der Waals surface area contributed by atoms with E-state index in [1.807, 2.05) is 32.1 Å². The standard InChI is InChI=1S/C43H56ClN5O9S/c1-5-15-57-35-21-32-31(11-8-12-33(32)44)38(45-35)58-30-20-34-37(50)46-43(40(52)47-59(55,56)42(4)13-14-42)22-28(43)10-7-6-9-24(2)16-25(3)36(39(51)48(34)23-30)49(41(53)54)29-18-26-17-27(26)19-29/h7-8,10-12,21,24-30,34,36H,5-6,9,13-20,22-23H2,1-4H3,(H,46,50)(H,47,52)(H,53,54)/b10-7-/t24-,25-,26+,27?,28-,29?,30-,34+,36+,43-/m1/s1. The van der Waals surface area contributed by atoms with Crippen molar-refractivity contribution in [1.29, 1.82) is 0 Å². The van der Waals surface area contributed by atoms with Crippen LogP contribution in [0.15, 0.2) is 36.4 Å². The van der Waals surface area contributed by atoms with Gasteiger partial charge in [-0.2, -0.15) is 4.98 Å². The van der Waals surface area contributed by atoms with Crippen molar-refractivity contribution in [2.75, 3.05) is 13.2 Å². The van der Waals surface area contributed by atoms with Crippen LogP contribution in [0.1, 0.15) is 98.3 Å². The van der Waals surface area contributed by atoms with Gasteiger partial charge < -0.3 is 24.8 Å². The number of hydrogen-bond donors (Lipinski definition) is 3. The number of carbonyl (C=O) groups excluding carboxylic acids is 3. The van der Waals surface area contributed by atoms with E-state index in [9.17, 15) is 27.9 Å². The highest BCUT2D eigenvalue weighted by Gasteiger charge is 2.63. The molecule has 16 heteroatoms. The van der Waals surface area contributed by atoms with E-state index in [1.165, 1.54) is 9.80 Å². The number of halogens is 1. The molecule has 4 saturated carbocycles. The van der Waals surface area contributed by atoms with Crippen molar-refractivity contribution in [3.05, 3.63) is 41.4 Å². The topological polar surface area (TPSA) is 185 Å². The Bertz CT molecular complexity index is 2150. The third kappa shape index (κ3) is 8.09. The molecule has 320 valence electrons. The summed E-state index contributed by atoms with van der Waals surface area (Å²) in [5, 5.41) is 15.5. The summed E-state index contributed by atoms with van der Waals surface area (Å²) in [6.07, 6.45) is 8.11. The highest BCUT2D eigenvalue weighted by atomic mass is 35.5. The summed E-state index contributed by atoms with van der Waals surface area (Å²) in [6.45, 7) is 7.92. The minimum absolute atomic E-state index is 0.00587. The second-order valence-electron chi connectivity index (χ2n) is 18.4. The number of sulfonamides is 1. The van der Waals surface area contributed by atoms with E-state index in [0.717, 1.165) is 19.3 Å². The number of aromatic nitrogens is 1. The molecule has 4 aliphatic carbocycles. The number of carboxylic acid groups (broad SMARTS) is 1. The Balaban J connectivity index is 1.17. The van der Waals surface area contributed by atoms with Crippen molar-refractivity contribution in [2.45, 2.75) is 133 Å². The van der Waals surface area contributed by atoms with Crippen molar-refractivity contribution in [3.8, 4) is 11.8 Å². The van der Waals surface area contributed by atoms with Crippen LogP contribution >= 0.6 is 11.6 Å². The van der Waals surface area contributed by atoms with E-state index in [-0.39, 0.29) is 43.1 Å². The smallest absolute Gasteiger partial charge is 0.408 e. The Labute approximate surface area is 350 Å². The molecule has 0 spiro atoms. The lowest BCUT2D eigenvalue weighted by atomic mass is 9.86. The second-order valence-corrected chi connectivity index (χ2v) is 21.0. The minimum atomic E-state index is -4.02. The molecule has 2 aliphatic heterocycles. The normalized spacial score (nSPS) is 34.3. The molecule has 5 fully saturated rings. The molecule has 3 N–H and O–H groups in total. The molecular weight excluding hydrogens is 798 g/mol. The molecule has 59 heavy (non-hydrogen) atoms. The fourth-order valence-electron chi connectivity index (χ4n) is 9.90. The Morgan fingerprint density at radius 3 is 2.54 bits per heavy atom. The molecule has 14 nitrogen and oxygen atoms in total. The number of fused-ring (bicyclic) bond motifs is 4. The van der Waals surface area contributed by atoms with Gasteiger partial charge in [-0.15, -0.1) is 0 Å². The number of amides is 4. The Morgan fingerprint density at radius 2 is 1.85 bits per heavy atom. The van der Waals surface area contributed by atoms with Crippen LogP contribution < -0.4 is 19.5 Å². The van der Waals surface area contributed by atoms with E-state index in [0.29, 0.717) is 78.6 Å². The van der Waals surface area contributed by atoms with Gasteiger partial charge >= 0.3 is 6.09 Å². The molecular formula is C43H56ClN5O9S. The third-order valence-electron chi connectivity index (χ3n) is 13.8. The number of pyridine rings is 1. The minimum Gasteiger partial charge on any atom is -0.478 e. The second kappa shape index (κ2) is 15.7. The fraction of sp³-hybridized carbons (Fsp3) is 0.651. The molecule has 4 amide bonds. The molecule has 3 heterocycles. The SMILES string of the molecule is CCCOc1cc2c(Cl)cccc2c(O[C@@H]2C[C@H]3C(=O)N[C@]4(C(=O)NS(=O)(=O)C5(C)CC5)C[C@H]4/C=C\CC[C@@H](C)C[C@@H](C)[C@H](N(C(=O)O)C4CC5C[C@H]5C4)C(=O)N3C2)n1. The first-order valence-corrected chi connectivity index (χ1v) is 23.2. The van der Waals surface area contributed by atoms with Crippen LogP contribution in [0.2, 0.25) is 5.02 Å². The summed E-state index contributed by atoms with van der Waals surface area (Å²) in [4.78, 5) is 64.9. The van der Waals surface area contributed by atoms with Crippen molar-refractivity contribution in [1.82, 2.24) is 24.8 Å². The van der Waals surface area contributed by atoms with Crippen LogP contribution in [0.3, 0.4) is 0 Å². The zero-order valence-corrected chi connectivity index (χ0v) is 35.8. The number of ether oxygens (including phenoxy) is 2. The molecule has 0 bridgehead atoms. The van der Waals surface area contributed by atoms with Gasteiger partial charge in [0.2, 0.25) is 33.6 Å². The Kier molecular flexibility index (Phi) is 11.1. The lowest BCUT2D eigenvalue weighted by Crippen LogP contribution is -2.61. The zero-order chi connectivity index (χ0) is 42.0. The van der Waals surface area contributed by atoms with Gasteiger partial charge in [0, 0.05) is 40.2 Å². The average Bonchev–Trinajstić information content (AvgIpc) is 4.14. The number of carbonyl (C=O) groups is 4. The molecule has 0 radical (unpaired) electrons. The number of nitrogens with zero attached hydrogens (tertiary/aromatic N) is 3. The van der Waals surface area contributed by atoms with Gasteiger partial charge in [-0.3, -0.25) is 24.0 Å². The van der Waals surface area contributed by atoms with Crippen LogP contribution in [0.5, 0.6) is 11.8 Å². The molecule has 8 rings (SSSR count). The van der Waals surface area contributed by atoms with Crippen LogP contribution in [-0.2, 0) is 24.4 Å². The van der Waals surface area contributed by atoms with Crippen molar-refractivity contribution in [2.24, 2.45) is 29.6 Å². The first kappa shape index (κ1) is 41.6. The van der Waals surface area contributed by atoms with E-state index in [1.54, 1.807) is 25.1 Å². The van der Waals surface area contributed by atoms with Gasteiger partial charge in [0.25, 0.3) is 5.91 Å². The largest absolute Gasteiger partial charge is 0.478 e. The van der Waals surface area contributed by atoms with Gasteiger partial charge in [-0.05, 0) is 107 Å². The maximum absolute atomic E-state index is 15.3. The van der Waals surface area contributed by atoms with E-state index >= 15 is 4.79 Å². The number of nitrogens with one attached hydrogen (secondary N) is 2. The van der Waals surface area contributed by atoms with E-state index < -0.39 is 68.2 Å². The summed E-state index contributed by atoms with van der Waals surface area (Å²) >= 11 is 6.63. The molecule has 2 unspecified atom stereocenters. The number of benzene rings is 1. The quantitative estimate of drug-likeness (QED) is 0.238. The fourth-order valence-corrected chi connectivity index (χ4v) is 11.4. The maximum atomic E-state index is 15.3. The molecule has 2 aromatic rings. The van der Waals surface area contributed by atoms with E-state index in [4.69, 9.17) is 21.1 Å². The third-order valence-corrected chi connectivity index (χ3v) is 16.3. The lowest BCUT2D eigenvalue weighted by Gasteiger charge is -2.40. The van der Waals surface area contributed by atoms with Crippen LogP contribution in [0.4, 0.5) is 4.79 Å². The zero-order valence-electron chi connectivity index (χ0n) is 34.2. The molecule has 1 aromatic carbocycles. The number of allylic oxidation sites excluding steroid dienone is 1. The van der Waals surface area contributed by atoms with Crippen LogP contribution in [0, 0.1) is 29.6 Å². The summed E-state index contributed by atoms with van der Waals surface area (Å²) in [6, 6.07) is 4.50. The van der Waals surface area contributed by atoms with Gasteiger partial charge in [0.1, 0.15) is 23.7 Å². The van der Waals surface area contributed by atoms with Gasteiger partial charge in [0.15, 0.2) is 0 Å². The molecule has 6 aliphatic rings. The van der Waals surface area contributed by atoms with Gasteiger partial charge in [0.05, 0.1) is 17.9 Å².